The van der Waals surface area contributed by atoms with Crippen molar-refractivity contribution in [3.8, 4) is 0 Å². The van der Waals surface area contributed by atoms with Crippen molar-refractivity contribution < 1.29 is 24.2 Å². The number of carbonyl (C=O) groups is 3. The maximum Gasteiger partial charge on any atom is 0.303 e. The van der Waals surface area contributed by atoms with Crippen LogP contribution in [0.2, 0.25) is 0 Å². The third kappa shape index (κ3) is 2.73. The molecule has 0 heterocycles. The van der Waals surface area contributed by atoms with Gasteiger partial charge in [-0.15, -0.1) is 0 Å². The molecule has 0 radical (unpaired) electrons. The number of Topliss-reactive ketones (excluding diaryl/α,β-unsaturated/α-hetero) is 1. The van der Waals surface area contributed by atoms with Crippen LogP contribution in [-0.2, 0) is 19.1 Å². The predicted octanol–water partition coefficient (Wildman–Crippen LogP) is 3.55. The smallest absolute Gasteiger partial charge is 0.303 e. The number of aliphatic hydroxyl groups is 1. The summed E-state index contributed by atoms with van der Waals surface area (Å²) in [6.07, 6.45) is 7.47. The third-order valence-corrected chi connectivity index (χ3v) is 8.57. The van der Waals surface area contributed by atoms with Crippen LogP contribution in [0.1, 0.15) is 66.2 Å². The van der Waals surface area contributed by atoms with Gasteiger partial charge in [0.15, 0.2) is 17.2 Å². The van der Waals surface area contributed by atoms with E-state index in [2.05, 4.69) is 6.92 Å². The normalized spacial score (nSPS) is 45.1. The topological polar surface area (TPSA) is 80.7 Å². The summed E-state index contributed by atoms with van der Waals surface area (Å²) in [5.41, 5.74) is 0.155. The van der Waals surface area contributed by atoms with Gasteiger partial charge in [-0.3, -0.25) is 14.4 Å². The Labute approximate surface area is 172 Å². The molecule has 4 aliphatic carbocycles. The van der Waals surface area contributed by atoms with Crippen molar-refractivity contribution in [1.82, 2.24) is 0 Å². The van der Waals surface area contributed by atoms with E-state index in [1.165, 1.54) is 13.8 Å². The summed E-state index contributed by atoms with van der Waals surface area (Å²) < 4.78 is 5.89. The van der Waals surface area contributed by atoms with Gasteiger partial charge in [0.05, 0.1) is 6.10 Å². The van der Waals surface area contributed by atoms with Crippen molar-refractivity contribution in [2.75, 3.05) is 0 Å². The number of aliphatic hydroxyl groups excluding tert-OH is 1. The first kappa shape index (κ1) is 20.5. The van der Waals surface area contributed by atoms with Crippen molar-refractivity contribution in [3.63, 3.8) is 0 Å². The Hall–Kier alpha value is -1.75. The molecule has 29 heavy (non-hydrogen) atoms. The Morgan fingerprint density at radius 2 is 1.97 bits per heavy atom. The fraction of sp³-hybridized carbons (Fsp3) is 0.708. The quantitative estimate of drug-likeness (QED) is 0.566. The van der Waals surface area contributed by atoms with Crippen molar-refractivity contribution in [3.05, 3.63) is 23.3 Å². The molecule has 5 nitrogen and oxygen atoms in total. The van der Waals surface area contributed by atoms with Crippen LogP contribution in [0.25, 0.3) is 0 Å². The minimum Gasteiger partial charge on any atom is -0.446 e. The molecule has 158 valence electrons. The standard InChI is InChI=1S/C24H32O5/c1-5-15-10-21-19-12-22(28)20-11-16(27)6-7-17(20)18(19)8-9-23(21,4)24(15,13(2)25)29-14(3)26/h5,11,17-19,21-22,28H,6-10,12H2,1-4H3/b15-5+/t17-,18-,19-,21+,22+,23+,24-/m1/s1. The lowest BCUT2D eigenvalue weighted by molar-refractivity contribution is -0.181. The molecule has 1 N–H and O–H groups in total. The molecule has 0 amide bonds. The number of ether oxygens (including phenoxy) is 1. The molecular formula is C24H32O5. The second-order valence-corrected chi connectivity index (χ2v) is 9.75. The van der Waals surface area contributed by atoms with Gasteiger partial charge in [0.25, 0.3) is 0 Å². The van der Waals surface area contributed by atoms with Crippen LogP contribution in [-0.4, -0.2) is 34.3 Å². The number of carbonyl (C=O) groups excluding carboxylic acids is 3. The van der Waals surface area contributed by atoms with Crippen LogP contribution in [0.3, 0.4) is 0 Å². The molecule has 0 bridgehead atoms. The molecule has 4 aliphatic rings. The van der Waals surface area contributed by atoms with E-state index >= 15 is 0 Å². The van der Waals surface area contributed by atoms with Crippen molar-refractivity contribution >= 4 is 17.5 Å². The number of hydrogen-bond donors (Lipinski definition) is 1. The van der Waals surface area contributed by atoms with Crippen LogP contribution < -0.4 is 0 Å². The number of allylic oxidation sites excluding steroid dienone is 1. The average molecular weight is 401 g/mol. The summed E-state index contributed by atoms with van der Waals surface area (Å²) >= 11 is 0. The molecule has 0 aliphatic heterocycles. The molecule has 0 aromatic rings. The van der Waals surface area contributed by atoms with Gasteiger partial charge in [0.2, 0.25) is 0 Å². The highest BCUT2D eigenvalue weighted by Crippen LogP contribution is 2.67. The van der Waals surface area contributed by atoms with Crippen molar-refractivity contribution in [1.29, 1.82) is 0 Å². The van der Waals surface area contributed by atoms with Crippen LogP contribution in [0.15, 0.2) is 23.3 Å². The lowest BCUT2D eigenvalue weighted by Gasteiger charge is -2.56. The number of rotatable bonds is 2. The zero-order valence-electron chi connectivity index (χ0n) is 17.9. The molecule has 5 heteroatoms. The van der Waals surface area contributed by atoms with E-state index in [0.717, 1.165) is 36.8 Å². The maximum absolute atomic E-state index is 13.0. The van der Waals surface area contributed by atoms with E-state index in [4.69, 9.17) is 4.74 Å². The Bertz CT molecular complexity index is 823. The SMILES string of the molecule is C/C=C1\C[C@H]2[C@@H]3C[C@H](O)C4=CC(=O)CC[C@@H]4[C@H]3CC[C@]2(C)[C@@]1(OC(C)=O)C(C)=O. The van der Waals surface area contributed by atoms with Gasteiger partial charge < -0.3 is 9.84 Å². The zero-order valence-corrected chi connectivity index (χ0v) is 17.9. The highest BCUT2D eigenvalue weighted by Gasteiger charge is 2.69. The fourth-order valence-electron chi connectivity index (χ4n) is 7.48. The van der Waals surface area contributed by atoms with Gasteiger partial charge in [-0.2, -0.15) is 0 Å². The monoisotopic (exact) mass is 400 g/mol. The molecule has 4 rings (SSSR count). The number of hydrogen-bond acceptors (Lipinski definition) is 5. The number of fused-ring (bicyclic) bond motifs is 5. The predicted molar refractivity (Wildman–Crippen MR) is 108 cm³/mol. The van der Waals surface area contributed by atoms with Gasteiger partial charge in [0, 0.05) is 18.8 Å². The highest BCUT2D eigenvalue weighted by atomic mass is 16.6. The van der Waals surface area contributed by atoms with E-state index in [1.807, 2.05) is 13.0 Å². The van der Waals surface area contributed by atoms with Gasteiger partial charge in [-0.1, -0.05) is 13.0 Å². The molecule has 0 aromatic carbocycles. The Kier molecular flexibility index (Phi) is 4.88. The maximum atomic E-state index is 13.0. The summed E-state index contributed by atoms with van der Waals surface area (Å²) in [7, 11) is 0. The molecule has 0 saturated heterocycles. The average Bonchev–Trinajstić information content (AvgIpc) is 2.91. The largest absolute Gasteiger partial charge is 0.446 e. The van der Waals surface area contributed by atoms with Crippen LogP contribution in [0.4, 0.5) is 0 Å². The first-order chi connectivity index (χ1) is 13.7. The first-order valence-electron chi connectivity index (χ1n) is 10.9. The molecule has 0 aromatic heterocycles. The van der Waals surface area contributed by atoms with E-state index in [1.54, 1.807) is 6.08 Å². The fourth-order valence-corrected chi connectivity index (χ4v) is 7.48. The minimum absolute atomic E-state index is 0.107. The summed E-state index contributed by atoms with van der Waals surface area (Å²) in [6, 6.07) is 0. The molecule has 7 atom stereocenters. The van der Waals surface area contributed by atoms with Crippen molar-refractivity contribution in [2.24, 2.45) is 29.1 Å². The van der Waals surface area contributed by atoms with Gasteiger partial charge in [-0.05, 0) is 86.8 Å². The molecule has 0 unspecified atom stereocenters. The Morgan fingerprint density at radius 3 is 2.59 bits per heavy atom. The van der Waals surface area contributed by atoms with Crippen LogP contribution in [0.5, 0.6) is 0 Å². The summed E-state index contributed by atoms with van der Waals surface area (Å²) in [5.74, 6) is 0.676. The van der Waals surface area contributed by atoms with E-state index in [0.29, 0.717) is 18.8 Å². The third-order valence-electron chi connectivity index (χ3n) is 8.57. The van der Waals surface area contributed by atoms with E-state index in [-0.39, 0.29) is 29.3 Å². The summed E-state index contributed by atoms with van der Waals surface area (Å²) in [5, 5.41) is 10.9. The van der Waals surface area contributed by atoms with Gasteiger partial charge in [0.1, 0.15) is 0 Å². The van der Waals surface area contributed by atoms with E-state index < -0.39 is 23.1 Å². The van der Waals surface area contributed by atoms with Crippen LogP contribution in [0, 0.1) is 29.1 Å². The Morgan fingerprint density at radius 1 is 1.24 bits per heavy atom. The zero-order chi connectivity index (χ0) is 21.1. The molecular weight excluding hydrogens is 368 g/mol. The summed E-state index contributed by atoms with van der Waals surface area (Å²) in [6.45, 7) is 6.94. The van der Waals surface area contributed by atoms with Gasteiger partial charge >= 0.3 is 5.97 Å². The van der Waals surface area contributed by atoms with Crippen molar-refractivity contribution in [2.45, 2.75) is 77.9 Å². The van der Waals surface area contributed by atoms with E-state index in [9.17, 15) is 19.5 Å². The molecule has 0 spiro atoms. The Balaban J connectivity index is 1.77. The minimum atomic E-state index is -1.20. The molecule has 3 fully saturated rings. The lowest BCUT2D eigenvalue weighted by atomic mass is 9.50. The summed E-state index contributed by atoms with van der Waals surface area (Å²) in [4.78, 5) is 37.0. The first-order valence-corrected chi connectivity index (χ1v) is 10.9. The second kappa shape index (κ2) is 6.90. The number of esters is 1. The van der Waals surface area contributed by atoms with Crippen LogP contribution >= 0.6 is 0 Å². The van der Waals surface area contributed by atoms with Gasteiger partial charge in [-0.25, -0.2) is 0 Å². The second-order valence-electron chi connectivity index (χ2n) is 9.75. The number of ketones is 2. The highest BCUT2D eigenvalue weighted by molar-refractivity contribution is 5.93. The molecule has 3 saturated carbocycles. The lowest BCUT2D eigenvalue weighted by Crippen LogP contribution is -2.58.